The van der Waals surface area contributed by atoms with E-state index in [2.05, 4.69) is 6.58 Å². The maximum Gasteiger partial charge on any atom is 0.335 e. The van der Waals surface area contributed by atoms with Crippen molar-refractivity contribution in [3.8, 4) is 11.5 Å². The molecular weight excluding hydrogens is 216 g/mol. The lowest BCUT2D eigenvalue weighted by Crippen LogP contribution is -2.13. The second-order valence-electron chi connectivity index (χ2n) is 5.01. The van der Waals surface area contributed by atoms with E-state index in [1.165, 1.54) is 0 Å². The van der Waals surface area contributed by atoms with Gasteiger partial charge in [0.05, 0.1) is 0 Å². The van der Waals surface area contributed by atoms with Gasteiger partial charge in [0.15, 0.2) is 0 Å². The van der Waals surface area contributed by atoms with Gasteiger partial charge in [-0.1, -0.05) is 27.4 Å². The highest BCUT2D eigenvalue weighted by atomic mass is 16.5. The second kappa shape index (κ2) is 4.62. The van der Waals surface area contributed by atoms with Crippen LogP contribution in [0.3, 0.4) is 0 Å². The summed E-state index contributed by atoms with van der Waals surface area (Å²) in [5.41, 5.74) is 1.22. The van der Waals surface area contributed by atoms with Crippen LogP contribution >= 0.6 is 0 Å². The lowest BCUT2D eigenvalue weighted by molar-refractivity contribution is -0.128. The average molecular weight is 234 g/mol. The summed E-state index contributed by atoms with van der Waals surface area (Å²) in [5.74, 6) is 0.168. The molecule has 0 amide bonds. The molecule has 0 radical (unpaired) electrons. The number of hydrogen-bond donors (Lipinski definition) is 1. The Morgan fingerprint density at radius 1 is 1.41 bits per heavy atom. The number of carbonyl (C=O) groups is 1. The molecule has 0 saturated carbocycles. The fraction of sp³-hybridized carbons (Fsp3) is 0.357. The fourth-order valence-electron chi connectivity index (χ4n) is 1.53. The van der Waals surface area contributed by atoms with E-state index in [1.54, 1.807) is 19.1 Å². The van der Waals surface area contributed by atoms with Crippen molar-refractivity contribution in [2.45, 2.75) is 33.1 Å². The van der Waals surface area contributed by atoms with Crippen molar-refractivity contribution in [3.05, 3.63) is 35.9 Å². The number of ether oxygens (including phenoxy) is 1. The Morgan fingerprint density at radius 2 is 2.00 bits per heavy atom. The Kier molecular flexibility index (Phi) is 3.61. The number of rotatable bonds is 2. The largest absolute Gasteiger partial charge is 0.507 e. The molecule has 0 bridgehead atoms. The van der Waals surface area contributed by atoms with Gasteiger partial charge in [-0.3, -0.25) is 0 Å². The van der Waals surface area contributed by atoms with Gasteiger partial charge < -0.3 is 9.84 Å². The molecule has 92 valence electrons. The normalized spacial score (nSPS) is 11.1. The van der Waals surface area contributed by atoms with Gasteiger partial charge >= 0.3 is 5.97 Å². The van der Waals surface area contributed by atoms with Gasteiger partial charge in [0, 0.05) is 11.6 Å². The highest BCUT2D eigenvalue weighted by Gasteiger charge is 2.21. The predicted molar refractivity (Wildman–Crippen MR) is 67.4 cm³/mol. The molecule has 3 nitrogen and oxygen atoms in total. The van der Waals surface area contributed by atoms with Gasteiger partial charge in [0.2, 0.25) is 0 Å². The first-order valence-electron chi connectivity index (χ1n) is 5.44. The molecule has 0 aliphatic carbocycles. The van der Waals surface area contributed by atoms with Crippen molar-refractivity contribution < 1.29 is 14.6 Å². The molecule has 0 aliphatic rings. The fourth-order valence-corrected chi connectivity index (χ4v) is 1.53. The minimum atomic E-state index is -0.505. The predicted octanol–water partition coefficient (Wildman–Crippen LogP) is 3.09. The van der Waals surface area contributed by atoms with E-state index in [9.17, 15) is 9.90 Å². The van der Waals surface area contributed by atoms with E-state index in [4.69, 9.17) is 4.74 Å². The van der Waals surface area contributed by atoms with Crippen molar-refractivity contribution in [1.29, 1.82) is 0 Å². The standard InChI is InChI=1S/C14H18O3/c1-6-12(15)17-10-7-9(2)13(16)11(8-10)14(3,4)5/h6-8,16H,1H2,2-5H3. The van der Waals surface area contributed by atoms with Crippen molar-refractivity contribution in [2.24, 2.45) is 0 Å². The summed E-state index contributed by atoms with van der Waals surface area (Å²) in [6, 6.07) is 3.32. The molecule has 0 unspecified atom stereocenters. The van der Waals surface area contributed by atoms with E-state index in [-0.39, 0.29) is 11.2 Å². The molecule has 3 heteroatoms. The zero-order valence-electron chi connectivity index (χ0n) is 10.7. The van der Waals surface area contributed by atoms with Crippen LogP contribution in [-0.4, -0.2) is 11.1 Å². The Morgan fingerprint density at radius 3 is 2.47 bits per heavy atom. The summed E-state index contributed by atoms with van der Waals surface area (Å²) < 4.78 is 5.07. The lowest BCUT2D eigenvalue weighted by Gasteiger charge is -2.22. The Labute approximate surface area is 102 Å². The number of aromatic hydroxyl groups is 1. The number of benzene rings is 1. The molecule has 0 atom stereocenters. The van der Waals surface area contributed by atoms with Crippen molar-refractivity contribution in [2.75, 3.05) is 0 Å². The van der Waals surface area contributed by atoms with Crippen LogP contribution in [0.2, 0.25) is 0 Å². The van der Waals surface area contributed by atoms with Crippen LogP contribution < -0.4 is 4.74 Å². The summed E-state index contributed by atoms with van der Waals surface area (Å²) in [6.45, 7) is 11.1. The van der Waals surface area contributed by atoms with E-state index >= 15 is 0 Å². The summed E-state index contributed by atoms with van der Waals surface area (Å²) in [6.07, 6.45) is 1.11. The van der Waals surface area contributed by atoms with Gasteiger partial charge in [-0.2, -0.15) is 0 Å². The molecule has 1 aromatic carbocycles. The van der Waals surface area contributed by atoms with E-state index in [0.29, 0.717) is 11.3 Å². The molecule has 0 aromatic heterocycles. The van der Waals surface area contributed by atoms with Gasteiger partial charge in [-0.15, -0.1) is 0 Å². The zero-order chi connectivity index (χ0) is 13.2. The summed E-state index contributed by atoms with van der Waals surface area (Å²) in [7, 11) is 0. The van der Waals surface area contributed by atoms with E-state index in [1.807, 2.05) is 20.8 Å². The molecule has 0 heterocycles. The average Bonchev–Trinajstić information content (AvgIpc) is 2.21. The van der Waals surface area contributed by atoms with Crippen LogP contribution in [0.5, 0.6) is 11.5 Å². The minimum absolute atomic E-state index is 0.217. The highest BCUT2D eigenvalue weighted by Crippen LogP contribution is 2.36. The van der Waals surface area contributed by atoms with E-state index < -0.39 is 5.97 Å². The topological polar surface area (TPSA) is 46.5 Å². The van der Waals surface area contributed by atoms with Crippen LogP contribution in [0.4, 0.5) is 0 Å². The van der Waals surface area contributed by atoms with E-state index in [0.717, 1.165) is 11.6 Å². The first-order valence-corrected chi connectivity index (χ1v) is 5.44. The number of esters is 1. The number of hydrogen-bond acceptors (Lipinski definition) is 3. The Balaban J connectivity index is 3.24. The molecular formula is C14H18O3. The van der Waals surface area contributed by atoms with Gasteiger partial charge in [0.1, 0.15) is 11.5 Å². The van der Waals surface area contributed by atoms with Gasteiger partial charge in [0.25, 0.3) is 0 Å². The van der Waals surface area contributed by atoms with Crippen LogP contribution in [-0.2, 0) is 10.2 Å². The van der Waals surface area contributed by atoms with Crippen LogP contribution in [0.15, 0.2) is 24.8 Å². The number of phenols is 1. The molecule has 1 N–H and O–H groups in total. The molecule has 0 aliphatic heterocycles. The number of carbonyl (C=O) groups excluding carboxylic acids is 1. The maximum atomic E-state index is 11.1. The van der Waals surface area contributed by atoms with Crippen molar-refractivity contribution in [3.63, 3.8) is 0 Å². The quantitative estimate of drug-likeness (QED) is 0.486. The SMILES string of the molecule is C=CC(=O)Oc1cc(C)c(O)c(C(C)(C)C)c1. The lowest BCUT2D eigenvalue weighted by atomic mass is 9.85. The minimum Gasteiger partial charge on any atom is -0.507 e. The first kappa shape index (κ1) is 13.3. The maximum absolute atomic E-state index is 11.1. The molecule has 17 heavy (non-hydrogen) atoms. The monoisotopic (exact) mass is 234 g/mol. The smallest absolute Gasteiger partial charge is 0.335 e. The summed E-state index contributed by atoms with van der Waals surface area (Å²) >= 11 is 0. The van der Waals surface area contributed by atoms with Crippen LogP contribution in [0.1, 0.15) is 31.9 Å². The Bertz CT molecular complexity index is 453. The van der Waals surface area contributed by atoms with Crippen molar-refractivity contribution >= 4 is 5.97 Å². The molecule has 1 rings (SSSR count). The summed E-state index contributed by atoms with van der Waals surface area (Å²) in [4.78, 5) is 11.1. The van der Waals surface area contributed by atoms with Gasteiger partial charge in [-0.05, 0) is 30.0 Å². The molecule has 1 aromatic rings. The van der Waals surface area contributed by atoms with Crippen molar-refractivity contribution in [1.82, 2.24) is 0 Å². The molecule has 0 fully saturated rings. The van der Waals surface area contributed by atoms with Gasteiger partial charge in [-0.25, -0.2) is 4.79 Å². The first-order chi connectivity index (χ1) is 7.75. The third-order valence-electron chi connectivity index (χ3n) is 2.47. The highest BCUT2D eigenvalue weighted by molar-refractivity contribution is 5.83. The molecule has 0 spiro atoms. The number of phenolic OH excluding ortho intramolecular Hbond substituents is 1. The Hall–Kier alpha value is -1.77. The molecule has 0 saturated heterocycles. The van der Waals surface area contributed by atoms with Crippen LogP contribution in [0.25, 0.3) is 0 Å². The second-order valence-corrected chi connectivity index (χ2v) is 5.01. The van der Waals surface area contributed by atoms with Crippen LogP contribution in [0, 0.1) is 6.92 Å². The third-order valence-corrected chi connectivity index (χ3v) is 2.47. The summed E-state index contributed by atoms with van der Waals surface area (Å²) in [5, 5.41) is 9.99. The third kappa shape index (κ3) is 3.09. The zero-order valence-corrected chi connectivity index (χ0v) is 10.7. The number of aryl methyl sites for hydroxylation is 1.